The number of halogens is 3. The molecule has 15 heavy (non-hydrogen) atoms. The van der Waals surface area contributed by atoms with Crippen LogP contribution >= 0.6 is 0 Å². The number of aryl methyl sites for hydroxylation is 1. The summed E-state index contributed by atoms with van der Waals surface area (Å²) in [5, 5.41) is 0. The van der Waals surface area contributed by atoms with Crippen LogP contribution in [0.25, 0.3) is 0 Å². The van der Waals surface area contributed by atoms with Gasteiger partial charge in [-0.25, -0.2) is 13.2 Å². The van der Waals surface area contributed by atoms with Gasteiger partial charge in [0.1, 0.15) is 5.82 Å². The van der Waals surface area contributed by atoms with Crippen molar-refractivity contribution in [2.45, 2.75) is 26.2 Å². The fourth-order valence-corrected chi connectivity index (χ4v) is 1.46. The molecular weight excluding hydrogens is 203 g/mol. The molecule has 4 heteroatoms. The van der Waals surface area contributed by atoms with E-state index in [9.17, 15) is 13.2 Å². The lowest BCUT2D eigenvalue weighted by atomic mass is 10.0. The monoisotopic (exact) mass is 217 g/mol. The van der Waals surface area contributed by atoms with Gasteiger partial charge in [0.2, 0.25) is 0 Å². The molecule has 1 aromatic carbocycles. The van der Waals surface area contributed by atoms with Crippen molar-refractivity contribution in [2.75, 3.05) is 6.54 Å². The Balaban J connectivity index is 2.94. The van der Waals surface area contributed by atoms with Crippen LogP contribution in [0.2, 0.25) is 0 Å². The number of hydrogen-bond acceptors (Lipinski definition) is 1. The minimum absolute atomic E-state index is 0.136. The fraction of sp³-hybridized carbons (Fsp3) is 0.455. The van der Waals surface area contributed by atoms with Crippen molar-refractivity contribution in [2.24, 2.45) is 5.73 Å². The van der Waals surface area contributed by atoms with Gasteiger partial charge in [-0.2, -0.15) is 0 Å². The van der Waals surface area contributed by atoms with E-state index in [1.165, 1.54) is 6.92 Å². The minimum atomic E-state index is -1.07. The summed E-state index contributed by atoms with van der Waals surface area (Å²) in [6, 6.07) is 0.872. The Morgan fingerprint density at radius 1 is 1.13 bits per heavy atom. The van der Waals surface area contributed by atoms with Gasteiger partial charge >= 0.3 is 0 Å². The summed E-state index contributed by atoms with van der Waals surface area (Å²) < 4.78 is 39.6. The van der Waals surface area contributed by atoms with Crippen LogP contribution in [-0.4, -0.2) is 6.54 Å². The van der Waals surface area contributed by atoms with E-state index in [0.29, 0.717) is 19.4 Å². The molecule has 0 fully saturated rings. The van der Waals surface area contributed by atoms with Gasteiger partial charge < -0.3 is 5.73 Å². The van der Waals surface area contributed by atoms with E-state index >= 15 is 0 Å². The number of hydrogen-bond donors (Lipinski definition) is 1. The third kappa shape index (κ3) is 2.72. The smallest absolute Gasteiger partial charge is 0.164 e. The largest absolute Gasteiger partial charge is 0.330 e. The minimum Gasteiger partial charge on any atom is -0.330 e. The molecule has 1 rings (SSSR count). The maximum absolute atomic E-state index is 13.4. The van der Waals surface area contributed by atoms with Crippen LogP contribution in [0.15, 0.2) is 6.07 Å². The standard InChI is InChI=1S/C11H14F3N/c1-7-6-9(12)11(14)8(10(7)13)4-2-3-5-15/h6H,2-5,15H2,1H3. The van der Waals surface area contributed by atoms with Crippen LogP contribution in [0.1, 0.15) is 24.0 Å². The zero-order chi connectivity index (χ0) is 11.4. The summed E-state index contributed by atoms with van der Waals surface area (Å²) in [7, 11) is 0. The molecule has 2 N–H and O–H groups in total. The van der Waals surface area contributed by atoms with Crippen molar-refractivity contribution in [3.63, 3.8) is 0 Å². The SMILES string of the molecule is Cc1cc(F)c(F)c(CCCCN)c1F. The average Bonchev–Trinajstić information content (AvgIpc) is 2.20. The topological polar surface area (TPSA) is 26.0 Å². The van der Waals surface area contributed by atoms with E-state index in [2.05, 4.69) is 0 Å². The maximum Gasteiger partial charge on any atom is 0.164 e. The molecule has 0 aliphatic rings. The fourth-order valence-electron chi connectivity index (χ4n) is 1.46. The van der Waals surface area contributed by atoms with Gasteiger partial charge in [0.05, 0.1) is 0 Å². The van der Waals surface area contributed by atoms with E-state index in [4.69, 9.17) is 5.73 Å². The van der Waals surface area contributed by atoms with Gasteiger partial charge in [-0.3, -0.25) is 0 Å². The van der Waals surface area contributed by atoms with Gasteiger partial charge in [-0.05, 0) is 44.4 Å². The molecule has 0 aliphatic heterocycles. The maximum atomic E-state index is 13.4. The van der Waals surface area contributed by atoms with Crippen LogP contribution in [-0.2, 0) is 6.42 Å². The van der Waals surface area contributed by atoms with Crippen molar-refractivity contribution in [3.8, 4) is 0 Å². The molecule has 0 atom stereocenters. The van der Waals surface area contributed by atoms with Gasteiger partial charge in [0.25, 0.3) is 0 Å². The Labute approximate surface area is 87.1 Å². The van der Waals surface area contributed by atoms with E-state index in [1.54, 1.807) is 0 Å². The summed E-state index contributed by atoms with van der Waals surface area (Å²) in [5.74, 6) is -2.71. The first-order valence-corrected chi connectivity index (χ1v) is 4.91. The second kappa shape index (κ2) is 5.16. The third-order valence-corrected chi connectivity index (χ3v) is 2.31. The van der Waals surface area contributed by atoms with Crippen molar-refractivity contribution >= 4 is 0 Å². The van der Waals surface area contributed by atoms with Crippen LogP contribution in [0.4, 0.5) is 13.2 Å². The Morgan fingerprint density at radius 3 is 2.40 bits per heavy atom. The molecule has 0 unspecified atom stereocenters. The molecule has 0 bridgehead atoms. The summed E-state index contributed by atoms with van der Waals surface area (Å²) in [4.78, 5) is 0. The highest BCUT2D eigenvalue weighted by atomic mass is 19.2. The van der Waals surface area contributed by atoms with Crippen molar-refractivity contribution in [1.29, 1.82) is 0 Å². The van der Waals surface area contributed by atoms with Crippen molar-refractivity contribution in [1.82, 2.24) is 0 Å². The van der Waals surface area contributed by atoms with Gasteiger partial charge in [-0.1, -0.05) is 0 Å². The van der Waals surface area contributed by atoms with Gasteiger partial charge in [0, 0.05) is 5.56 Å². The zero-order valence-electron chi connectivity index (χ0n) is 8.62. The molecule has 0 amide bonds. The number of benzene rings is 1. The molecule has 0 radical (unpaired) electrons. The third-order valence-electron chi connectivity index (χ3n) is 2.31. The lowest BCUT2D eigenvalue weighted by molar-refractivity contribution is 0.473. The Bertz CT molecular complexity index is 324. The zero-order valence-corrected chi connectivity index (χ0v) is 8.62. The molecular formula is C11H14F3N. The van der Waals surface area contributed by atoms with Crippen LogP contribution in [0.5, 0.6) is 0 Å². The first-order chi connectivity index (χ1) is 7.07. The summed E-state index contributed by atoms with van der Waals surface area (Å²) in [5.41, 5.74) is 5.24. The molecule has 0 saturated carbocycles. The molecule has 0 aliphatic carbocycles. The predicted octanol–water partition coefficient (Wildman–Crippen LogP) is 2.69. The van der Waals surface area contributed by atoms with Crippen LogP contribution in [0.3, 0.4) is 0 Å². The number of rotatable bonds is 4. The molecule has 1 aromatic rings. The average molecular weight is 217 g/mol. The highest BCUT2D eigenvalue weighted by molar-refractivity contribution is 5.27. The quantitative estimate of drug-likeness (QED) is 0.609. The van der Waals surface area contributed by atoms with Gasteiger partial charge in [-0.15, -0.1) is 0 Å². The predicted molar refractivity (Wildman–Crippen MR) is 53.0 cm³/mol. The Kier molecular flexibility index (Phi) is 4.15. The lowest BCUT2D eigenvalue weighted by Gasteiger charge is -2.07. The van der Waals surface area contributed by atoms with E-state index in [-0.39, 0.29) is 17.5 Å². The molecule has 0 heterocycles. The van der Waals surface area contributed by atoms with E-state index < -0.39 is 17.5 Å². The first-order valence-electron chi connectivity index (χ1n) is 4.91. The van der Waals surface area contributed by atoms with Gasteiger partial charge in [0.15, 0.2) is 11.6 Å². The van der Waals surface area contributed by atoms with E-state index in [1.807, 2.05) is 0 Å². The molecule has 0 aromatic heterocycles. The molecule has 1 nitrogen and oxygen atoms in total. The summed E-state index contributed by atoms with van der Waals surface area (Å²) in [6.07, 6.45) is 1.43. The Morgan fingerprint density at radius 2 is 1.80 bits per heavy atom. The highest BCUT2D eigenvalue weighted by Crippen LogP contribution is 2.21. The second-order valence-electron chi connectivity index (χ2n) is 3.53. The highest BCUT2D eigenvalue weighted by Gasteiger charge is 2.15. The van der Waals surface area contributed by atoms with Crippen molar-refractivity contribution < 1.29 is 13.2 Å². The van der Waals surface area contributed by atoms with Crippen molar-refractivity contribution in [3.05, 3.63) is 34.6 Å². The summed E-state index contributed by atoms with van der Waals surface area (Å²) in [6.45, 7) is 1.89. The molecule has 84 valence electrons. The number of unbranched alkanes of at least 4 members (excludes halogenated alkanes) is 1. The first kappa shape index (κ1) is 12.0. The molecule has 0 saturated heterocycles. The Hall–Kier alpha value is -1.03. The molecule has 0 spiro atoms. The lowest BCUT2D eigenvalue weighted by Crippen LogP contribution is -2.04. The van der Waals surface area contributed by atoms with Crippen LogP contribution in [0, 0.1) is 24.4 Å². The normalized spacial score (nSPS) is 10.7. The second-order valence-corrected chi connectivity index (χ2v) is 3.53. The number of nitrogens with two attached hydrogens (primary N) is 1. The summed E-state index contributed by atoms with van der Waals surface area (Å²) >= 11 is 0. The van der Waals surface area contributed by atoms with Crippen LogP contribution < -0.4 is 5.73 Å². The van der Waals surface area contributed by atoms with E-state index in [0.717, 1.165) is 6.07 Å².